The van der Waals surface area contributed by atoms with Crippen molar-refractivity contribution < 1.29 is 0 Å². The van der Waals surface area contributed by atoms with Crippen LogP contribution in [0.1, 0.15) is 35.8 Å². The lowest BCUT2D eigenvalue weighted by Crippen LogP contribution is -2.31. The summed E-state index contributed by atoms with van der Waals surface area (Å²) >= 11 is 1.85. The number of aryl methyl sites for hydroxylation is 2. The molecule has 1 heterocycles. The van der Waals surface area contributed by atoms with Crippen LogP contribution in [0.3, 0.4) is 0 Å². The molecule has 0 aromatic carbocycles. The average Bonchev–Trinajstić information content (AvgIpc) is 2.70. The standard InChI is InChI=1S/C13H22N2S/c1-8-9(2)16-12(15-8)6-11(14-5)10-7-13(10,3)4/h10-11,14H,6-7H2,1-5H3. The number of hydrogen-bond acceptors (Lipinski definition) is 3. The van der Waals surface area contributed by atoms with Crippen LogP contribution in [0, 0.1) is 25.2 Å². The van der Waals surface area contributed by atoms with Crippen molar-refractivity contribution in [3.8, 4) is 0 Å². The van der Waals surface area contributed by atoms with E-state index in [1.165, 1.54) is 22.0 Å². The van der Waals surface area contributed by atoms with Gasteiger partial charge in [-0.1, -0.05) is 13.8 Å². The Hall–Kier alpha value is -0.410. The molecule has 1 saturated carbocycles. The fourth-order valence-electron chi connectivity index (χ4n) is 2.45. The van der Waals surface area contributed by atoms with E-state index in [0.29, 0.717) is 11.5 Å². The Labute approximate surface area is 102 Å². The fraction of sp³-hybridized carbons (Fsp3) is 0.769. The summed E-state index contributed by atoms with van der Waals surface area (Å²) in [7, 11) is 2.08. The third-order valence-corrected chi connectivity index (χ3v) is 5.01. The SMILES string of the molecule is CNC(Cc1nc(C)c(C)s1)C1CC1(C)C. The van der Waals surface area contributed by atoms with Crippen LogP contribution in [0.15, 0.2) is 0 Å². The van der Waals surface area contributed by atoms with Gasteiger partial charge in [-0.25, -0.2) is 4.98 Å². The molecular weight excluding hydrogens is 216 g/mol. The highest BCUT2D eigenvalue weighted by Crippen LogP contribution is 2.54. The molecule has 0 amide bonds. The zero-order valence-electron chi connectivity index (χ0n) is 10.9. The molecule has 0 spiro atoms. The van der Waals surface area contributed by atoms with E-state index in [1.54, 1.807) is 0 Å². The molecule has 1 aliphatic carbocycles. The number of nitrogens with zero attached hydrogens (tertiary/aromatic N) is 1. The summed E-state index contributed by atoms with van der Waals surface area (Å²) in [5.74, 6) is 0.821. The first-order valence-corrected chi connectivity index (χ1v) is 6.86. The van der Waals surface area contributed by atoms with Gasteiger partial charge in [0.05, 0.1) is 10.7 Å². The van der Waals surface area contributed by atoms with Gasteiger partial charge in [0.25, 0.3) is 0 Å². The van der Waals surface area contributed by atoms with Crippen molar-refractivity contribution in [2.24, 2.45) is 11.3 Å². The Morgan fingerprint density at radius 2 is 2.12 bits per heavy atom. The maximum atomic E-state index is 4.63. The first-order valence-electron chi connectivity index (χ1n) is 6.04. The largest absolute Gasteiger partial charge is 0.316 e. The monoisotopic (exact) mass is 238 g/mol. The average molecular weight is 238 g/mol. The predicted octanol–water partition coefficient (Wildman–Crippen LogP) is 2.94. The van der Waals surface area contributed by atoms with Crippen molar-refractivity contribution in [2.75, 3.05) is 7.05 Å². The van der Waals surface area contributed by atoms with Gasteiger partial charge in [0.1, 0.15) is 0 Å². The minimum Gasteiger partial charge on any atom is -0.316 e. The van der Waals surface area contributed by atoms with Crippen molar-refractivity contribution in [1.82, 2.24) is 10.3 Å². The van der Waals surface area contributed by atoms with Crippen LogP contribution >= 0.6 is 11.3 Å². The van der Waals surface area contributed by atoms with Crippen molar-refractivity contribution >= 4 is 11.3 Å². The lowest BCUT2D eigenvalue weighted by atomic mass is 10.0. The van der Waals surface area contributed by atoms with Crippen LogP contribution in [0.2, 0.25) is 0 Å². The Morgan fingerprint density at radius 3 is 2.50 bits per heavy atom. The number of hydrogen-bond donors (Lipinski definition) is 1. The molecule has 90 valence electrons. The van der Waals surface area contributed by atoms with Crippen molar-refractivity contribution in [3.63, 3.8) is 0 Å². The van der Waals surface area contributed by atoms with Crippen LogP contribution in [0.5, 0.6) is 0 Å². The van der Waals surface area contributed by atoms with E-state index in [1.807, 2.05) is 11.3 Å². The highest BCUT2D eigenvalue weighted by Gasteiger charge is 2.49. The Morgan fingerprint density at radius 1 is 1.50 bits per heavy atom. The Balaban J connectivity index is 2.02. The second-order valence-corrected chi connectivity index (χ2v) is 6.94. The Bertz CT molecular complexity index is 362. The van der Waals surface area contributed by atoms with Crippen LogP contribution in [0.4, 0.5) is 0 Å². The molecule has 2 atom stereocenters. The number of nitrogens with one attached hydrogen (secondary N) is 1. The summed E-state index contributed by atoms with van der Waals surface area (Å²) in [6.07, 6.45) is 2.44. The first kappa shape index (κ1) is 12.1. The quantitative estimate of drug-likeness (QED) is 0.872. The van der Waals surface area contributed by atoms with Gasteiger partial charge in [-0.15, -0.1) is 11.3 Å². The molecule has 0 saturated heterocycles. The predicted molar refractivity (Wildman–Crippen MR) is 70.0 cm³/mol. The highest BCUT2D eigenvalue weighted by molar-refractivity contribution is 7.11. The smallest absolute Gasteiger partial charge is 0.0946 e. The van der Waals surface area contributed by atoms with Crippen LogP contribution in [-0.4, -0.2) is 18.1 Å². The Kier molecular flexibility index (Phi) is 3.10. The number of thiazole rings is 1. The van der Waals surface area contributed by atoms with Gasteiger partial charge >= 0.3 is 0 Å². The lowest BCUT2D eigenvalue weighted by molar-refractivity contribution is 0.425. The summed E-state index contributed by atoms with van der Waals surface area (Å²) in [5.41, 5.74) is 1.74. The number of aromatic nitrogens is 1. The van der Waals surface area contributed by atoms with Gasteiger partial charge in [0, 0.05) is 17.3 Å². The molecule has 1 aliphatic rings. The van der Waals surface area contributed by atoms with Crippen LogP contribution in [0.25, 0.3) is 0 Å². The number of rotatable bonds is 4. The zero-order valence-corrected chi connectivity index (χ0v) is 11.7. The molecule has 3 heteroatoms. The van der Waals surface area contributed by atoms with E-state index >= 15 is 0 Å². The van der Waals surface area contributed by atoms with E-state index in [9.17, 15) is 0 Å². The molecule has 1 N–H and O–H groups in total. The molecule has 0 aliphatic heterocycles. The van der Waals surface area contributed by atoms with Crippen LogP contribution < -0.4 is 5.32 Å². The normalized spacial score (nSPS) is 24.4. The zero-order chi connectivity index (χ0) is 11.9. The van der Waals surface area contributed by atoms with Crippen LogP contribution in [-0.2, 0) is 6.42 Å². The van der Waals surface area contributed by atoms with Gasteiger partial charge in [-0.05, 0) is 38.6 Å². The van der Waals surface area contributed by atoms with Gasteiger partial charge in [0.2, 0.25) is 0 Å². The van der Waals surface area contributed by atoms with Gasteiger partial charge in [-0.2, -0.15) is 0 Å². The fourth-order valence-corrected chi connectivity index (χ4v) is 3.45. The maximum Gasteiger partial charge on any atom is 0.0946 e. The van der Waals surface area contributed by atoms with E-state index in [4.69, 9.17) is 0 Å². The second kappa shape index (κ2) is 4.11. The molecule has 1 fully saturated rings. The van der Waals surface area contributed by atoms with E-state index < -0.39 is 0 Å². The molecular formula is C13H22N2S. The molecule has 2 nitrogen and oxygen atoms in total. The van der Waals surface area contributed by atoms with E-state index in [-0.39, 0.29) is 0 Å². The van der Waals surface area contributed by atoms with Crippen molar-refractivity contribution in [1.29, 1.82) is 0 Å². The summed E-state index contributed by atoms with van der Waals surface area (Å²) < 4.78 is 0. The van der Waals surface area contributed by atoms with Crippen molar-refractivity contribution in [3.05, 3.63) is 15.6 Å². The van der Waals surface area contributed by atoms with Crippen molar-refractivity contribution in [2.45, 2.75) is 46.6 Å². The molecule has 1 aromatic rings. The minimum absolute atomic E-state index is 0.537. The summed E-state index contributed by atoms with van der Waals surface area (Å²) in [4.78, 5) is 6.00. The first-order chi connectivity index (χ1) is 7.44. The third-order valence-electron chi connectivity index (χ3n) is 3.91. The van der Waals surface area contributed by atoms with E-state index in [0.717, 1.165) is 12.3 Å². The topological polar surface area (TPSA) is 24.9 Å². The molecule has 16 heavy (non-hydrogen) atoms. The molecule has 0 radical (unpaired) electrons. The van der Waals surface area contributed by atoms with Gasteiger partial charge < -0.3 is 5.32 Å². The number of likely N-dealkylation sites (N-methyl/N-ethyl adjacent to an activating group) is 1. The van der Waals surface area contributed by atoms with Gasteiger partial charge in [-0.3, -0.25) is 0 Å². The summed E-state index contributed by atoms with van der Waals surface area (Å²) in [6.45, 7) is 8.98. The molecule has 0 bridgehead atoms. The summed E-state index contributed by atoms with van der Waals surface area (Å²) in [5, 5.41) is 4.75. The summed E-state index contributed by atoms with van der Waals surface area (Å²) in [6, 6.07) is 0.597. The molecule has 1 aromatic heterocycles. The van der Waals surface area contributed by atoms with Gasteiger partial charge in [0.15, 0.2) is 0 Å². The van der Waals surface area contributed by atoms with E-state index in [2.05, 4.69) is 45.0 Å². The maximum absolute atomic E-state index is 4.63. The lowest BCUT2D eigenvalue weighted by Gasteiger charge is -2.16. The molecule has 2 unspecified atom stereocenters. The minimum atomic E-state index is 0.537. The molecule has 2 rings (SSSR count). The third kappa shape index (κ3) is 2.30. The second-order valence-electron chi connectivity index (χ2n) is 5.65. The highest BCUT2D eigenvalue weighted by atomic mass is 32.1.